The number of aromatic nitrogens is 2. The van der Waals surface area contributed by atoms with Crippen LogP contribution in [0.1, 0.15) is 5.56 Å². The van der Waals surface area contributed by atoms with Gasteiger partial charge in [0.05, 0.1) is 5.58 Å². The van der Waals surface area contributed by atoms with E-state index >= 15 is 0 Å². The Labute approximate surface area is 251 Å². The van der Waals surface area contributed by atoms with Gasteiger partial charge in [0.2, 0.25) is 0 Å². The molecule has 0 bridgehead atoms. The number of pyridine rings is 2. The summed E-state index contributed by atoms with van der Waals surface area (Å²) in [5, 5.41) is 6.99. The van der Waals surface area contributed by atoms with Crippen molar-refractivity contribution in [1.29, 1.82) is 0 Å². The van der Waals surface area contributed by atoms with Crippen LogP contribution < -0.4 is 0 Å². The van der Waals surface area contributed by atoms with Crippen molar-refractivity contribution < 1.29 is 24.5 Å². The third-order valence-corrected chi connectivity index (χ3v) is 7.12. The Balaban J connectivity index is 0.000000183. The molecule has 0 amide bonds. The summed E-state index contributed by atoms with van der Waals surface area (Å²) in [7, 11) is 0. The van der Waals surface area contributed by atoms with Gasteiger partial charge in [-0.2, -0.15) is 0 Å². The number of furan rings is 1. The largest absolute Gasteiger partial charge is 0.500 e. The Morgan fingerprint density at radius 1 is 0.585 bits per heavy atom. The monoisotopic (exact) mass is 705 g/mol. The minimum absolute atomic E-state index is 0. The van der Waals surface area contributed by atoms with Gasteiger partial charge in [-0.15, -0.1) is 54.1 Å². The minimum atomic E-state index is 0. The first kappa shape index (κ1) is 26.6. The smallest absolute Gasteiger partial charge is 0.129 e. The summed E-state index contributed by atoms with van der Waals surface area (Å²) in [5.41, 5.74) is 6.74. The van der Waals surface area contributed by atoms with Crippen LogP contribution in [0.25, 0.3) is 66.0 Å². The number of fused-ring (bicyclic) bond motifs is 7. The molecular formula is C37H24IrN2O-2. The molecule has 0 aliphatic rings. The third kappa shape index (κ3) is 5.04. The van der Waals surface area contributed by atoms with E-state index in [1.807, 2.05) is 67.7 Å². The maximum Gasteiger partial charge on any atom is 0.129 e. The van der Waals surface area contributed by atoms with E-state index in [4.69, 9.17) is 4.42 Å². The molecule has 41 heavy (non-hydrogen) atoms. The maximum atomic E-state index is 6.49. The van der Waals surface area contributed by atoms with Gasteiger partial charge in [0.15, 0.2) is 0 Å². The zero-order chi connectivity index (χ0) is 26.9. The molecule has 0 spiro atoms. The van der Waals surface area contributed by atoms with Crippen LogP contribution in [-0.2, 0) is 20.1 Å². The molecule has 0 fully saturated rings. The second-order valence-corrected chi connectivity index (χ2v) is 9.74. The summed E-state index contributed by atoms with van der Waals surface area (Å²) in [6, 6.07) is 45.4. The fourth-order valence-electron chi connectivity index (χ4n) is 5.17. The first-order valence-electron chi connectivity index (χ1n) is 13.2. The van der Waals surface area contributed by atoms with Crippen LogP contribution in [0.4, 0.5) is 0 Å². The van der Waals surface area contributed by atoms with Crippen molar-refractivity contribution in [3.05, 3.63) is 145 Å². The van der Waals surface area contributed by atoms with Crippen molar-refractivity contribution >= 4 is 43.5 Å². The van der Waals surface area contributed by atoms with Crippen molar-refractivity contribution in [2.75, 3.05) is 0 Å². The Hall–Kier alpha value is -4.63. The number of hydrogen-bond donors (Lipinski definition) is 0. The van der Waals surface area contributed by atoms with Crippen LogP contribution in [0.15, 0.2) is 132 Å². The van der Waals surface area contributed by atoms with E-state index in [-0.39, 0.29) is 20.1 Å². The molecule has 8 aromatic rings. The molecule has 0 saturated carbocycles. The SMILES string of the molecule is Cc1ccc(-c2[c-]cccc2)nc1.[Ir].[c-]1ccc2c(oc3c2ccc2ccc4ccccc4c23)c1-c1ccccn1. The molecule has 4 heteroatoms. The predicted octanol–water partition coefficient (Wildman–Crippen LogP) is 9.61. The van der Waals surface area contributed by atoms with Gasteiger partial charge in [0.25, 0.3) is 0 Å². The molecule has 0 aliphatic carbocycles. The van der Waals surface area contributed by atoms with E-state index in [1.165, 1.54) is 21.7 Å². The molecule has 3 aromatic heterocycles. The number of aryl methyl sites for hydroxylation is 1. The topological polar surface area (TPSA) is 38.9 Å². The molecule has 0 saturated heterocycles. The summed E-state index contributed by atoms with van der Waals surface area (Å²) in [4.78, 5) is 8.81. The molecule has 1 radical (unpaired) electrons. The average Bonchev–Trinajstić information content (AvgIpc) is 3.41. The Morgan fingerprint density at radius 2 is 1.39 bits per heavy atom. The van der Waals surface area contributed by atoms with E-state index < -0.39 is 0 Å². The summed E-state index contributed by atoms with van der Waals surface area (Å²) < 4.78 is 6.49. The fourth-order valence-corrected chi connectivity index (χ4v) is 5.17. The van der Waals surface area contributed by atoms with Crippen LogP contribution in [-0.4, -0.2) is 9.97 Å². The Bertz CT molecular complexity index is 2100. The van der Waals surface area contributed by atoms with E-state index in [2.05, 4.69) is 82.8 Å². The first-order chi connectivity index (χ1) is 19.8. The first-order valence-corrected chi connectivity index (χ1v) is 13.2. The van der Waals surface area contributed by atoms with Crippen molar-refractivity contribution in [2.24, 2.45) is 0 Å². The fraction of sp³-hybridized carbons (Fsp3) is 0.0270. The molecule has 0 unspecified atom stereocenters. The van der Waals surface area contributed by atoms with Crippen molar-refractivity contribution in [1.82, 2.24) is 9.97 Å². The molecular weight excluding hydrogens is 681 g/mol. The predicted molar refractivity (Wildman–Crippen MR) is 164 cm³/mol. The molecule has 199 valence electrons. The van der Waals surface area contributed by atoms with Gasteiger partial charge < -0.3 is 14.4 Å². The zero-order valence-corrected chi connectivity index (χ0v) is 24.7. The summed E-state index contributed by atoms with van der Waals surface area (Å²) >= 11 is 0. The van der Waals surface area contributed by atoms with Crippen LogP contribution in [0.3, 0.4) is 0 Å². The summed E-state index contributed by atoms with van der Waals surface area (Å²) in [6.45, 7) is 2.03. The summed E-state index contributed by atoms with van der Waals surface area (Å²) in [6.07, 6.45) is 3.67. The zero-order valence-electron chi connectivity index (χ0n) is 22.3. The molecule has 0 N–H and O–H groups in total. The van der Waals surface area contributed by atoms with Crippen molar-refractivity contribution in [2.45, 2.75) is 6.92 Å². The minimum Gasteiger partial charge on any atom is -0.500 e. The van der Waals surface area contributed by atoms with Gasteiger partial charge in [-0.05, 0) is 46.1 Å². The van der Waals surface area contributed by atoms with Crippen LogP contribution in [0.2, 0.25) is 0 Å². The number of rotatable bonds is 2. The van der Waals surface area contributed by atoms with Crippen molar-refractivity contribution in [3.63, 3.8) is 0 Å². The molecule has 8 rings (SSSR count). The van der Waals surface area contributed by atoms with Gasteiger partial charge in [0.1, 0.15) is 5.58 Å². The Morgan fingerprint density at radius 3 is 2.20 bits per heavy atom. The third-order valence-electron chi connectivity index (χ3n) is 7.12. The van der Waals surface area contributed by atoms with Crippen LogP contribution in [0, 0.1) is 19.1 Å². The van der Waals surface area contributed by atoms with Crippen LogP contribution in [0.5, 0.6) is 0 Å². The molecule has 3 nitrogen and oxygen atoms in total. The number of nitrogens with zero attached hydrogens (tertiary/aromatic N) is 2. The van der Waals surface area contributed by atoms with Gasteiger partial charge in [0, 0.05) is 43.3 Å². The van der Waals surface area contributed by atoms with E-state index in [1.54, 1.807) is 6.20 Å². The second kappa shape index (κ2) is 11.5. The molecule has 0 atom stereocenters. The van der Waals surface area contributed by atoms with E-state index in [0.717, 1.165) is 49.8 Å². The summed E-state index contributed by atoms with van der Waals surface area (Å²) in [5.74, 6) is 0. The van der Waals surface area contributed by atoms with Gasteiger partial charge in [-0.1, -0.05) is 83.7 Å². The second-order valence-electron chi connectivity index (χ2n) is 9.74. The quantitative estimate of drug-likeness (QED) is 0.133. The van der Waals surface area contributed by atoms with Gasteiger partial charge in [-0.25, -0.2) is 0 Å². The standard InChI is InChI=1S/C25H14NO.C12H10N.Ir/c1-2-7-18-16(6-1)11-12-17-13-14-20-19-8-5-9-21(22-10-3-4-15-26-22)24(19)27-25(20)23(17)18;1-10-7-8-12(13-9-10)11-5-3-2-4-6-11;/h1-8,10-15H;2-5,7-9H,1H3;/q2*-1;. The van der Waals surface area contributed by atoms with E-state index in [9.17, 15) is 0 Å². The number of hydrogen-bond acceptors (Lipinski definition) is 3. The van der Waals surface area contributed by atoms with Gasteiger partial charge in [-0.3, -0.25) is 0 Å². The van der Waals surface area contributed by atoms with Gasteiger partial charge >= 0.3 is 0 Å². The number of benzene rings is 5. The van der Waals surface area contributed by atoms with Crippen LogP contribution >= 0.6 is 0 Å². The maximum absolute atomic E-state index is 6.49. The van der Waals surface area contributed by atoms with Crippen molar-refractivity contribution in [3.8, 4) is 22.5 Å². The van der Waals surface area contributed by atoms with E-state index in [0.29, 0.717) is 0 Å². The molecule has 3 heterocycles. The normalized spacial score (nSPS) is 10.9. The average molecular weight is 705 g/mol. The molecule has 0 aliphatic heterocycles. The molecule has 5 aromatic carbocycles. The Kier molecular flexibility index (Phi) is 7.43.